The van der Waals surface area contributed by atoms with Crippen molar-refractivity contribution in [1.29, 1.82) is 0 Å². The molecule has 0 unspecified atom stereocenters. The molecule has 4 rings (SSSR count). The smallest absolute Gasteiger partial charge is 0.409 e. The molecule has 0 spiro atoms. The number of likely N-dealkylation sites (tertiary alicyclic amines) is 1. The van der Waals surface area contributed by atoms with E-state index < -0.39 is 0 Å². The number of amides is 2. The lowest BCUT2D eigenvalue weighted by Crippen LogP contribution is -2.51. The van der Waals surface area contributed by atoms with E-state index >= 15 is 0 Å². The number of carbonyl (C=O) groups excluding carboxylic acids is 2. The zero-order valence-electron chi connectivity index (χ0n) is 17.0. The van der Waals surface area contributed by atoms with Crippen LogP contribution in [0.4, 0.5) is 4.79 Å². The first-order valence-electron chi connectivity index (χ1n) is 10.5. The van der Waals surface area contributed by atoms with Crippen molar-refractivity contribution in [2.75, 3.05) is 59.1 Å². The Bertz CT molecular complexity index is 748. The zero-order valence-corrected chi connectivity index (χ0v) is 17.0. The molecule has 1 aromatic rings. The fourth-order valence-corrected chi connectivity index (χ4v) is 4.26. The first-order valence-corrected chi connectivity index (χ1v) is 10.5. The number of piperazine rings is 1. The average molecular weight is 403 g/mol. The number of fused-ring (bicyclic) bond motifs is 1. The van der Waals surface area contributed by atoms with Crippen LogP contribution in [0.2, 0.25) is 0 Å². The maximum atomic E-state index is 13.0. The van der Waals surface area contributed by atoms with E-state index in [2.05, 4.69) is 4.90 Å². The van der Waals surface area contributed by atoms with Gasteiger partial charge in [-0.05, 0) is 37.5 Å². The van der Waals surface area contributed by atoms with Crippen molar-refractivity contribution in [3.63, 3.8) is 0 Å². The predicted molar refractivity (Wildman–Crippen MR) is 106 cm³/mol. The molecule has 3 aliphatic heterocycles. The van der Waals surface area contributed by atoms with Gasteiger partial charge in [0.2, 0.25) is 5.91 Å². The zero-order chi connectivity index (χ0) is 20.2. The second kappa shape index (κ2) is 8.90. The summed E-state index contributed by atoms with van der Waals surface area (Å²) >= 11 is 0. The summed E-state index contributed by atoms with van der Waals surface area (Å²) in [5.74, 6) is 1.69. The standard InChI is InChI=1S/C21H29N3O5/c1-2-27-21(26)23-10-8-22(9-11-23)15-20(25)24-7-3-4-17(24)16-5-6-18-19(14-16)29-13-12-28-18/h5-6,14,17H,2-4,7-13,15H2,1H3/t17-/m0/s1. The lowest BCUT2D eigenvalue weighted by molar-refractivity contribution is -0.133. The van der Waals surface area contributed by atoms with Gasteiger partial charge in [-0.25, -0.2) is 4.79 Å². The summed E-state index contributed by atoms with van der Waals surface area (Å²) in [6.07, 6.45) is 1.69. The third-order valence-electron chi connectivity index (χ3n) is 5.78. The van der Waals surface area contributed by atoms with Crippen molar-refractivity contribution in [3.8, 4) is 11.5 Å². The minimum Gasteiger partial charge on any atom is -0.486 e. The normalized spacial score (nSPS) is 21.9. The highest BCUT2D eigenvalue weighted by atomic mass is 16.6. The second-order valence-electron chi connectivity index (χ2n) is 7.61. The number of benzene rings is 1. The van der Waals surface area contributed by atoms with Crippen LogP contribution >= 0.6 is 0 Å². The van der Waals surface area contributed by atoms with E-state index in [0.717, 1.165) is 36.4 Å². The van der Waals surface area contributed by atoms with Crippen LogP contribution in [0.1, 0.15) is 31.4 Å². The number of rotatable bonds is 4. The number of nitrogens with zero attached hydrogens (tertiary/aromatic N) is 3. The molecule has 1 atom stereocenters. The molecule has 0 radical (unpaired) electrons. The van der Waals surface area contributed by atoms with E-state index in [0.29, 0.717) is 52.5 Å². The van der Waals surface area contributed by atoms with Gasteiger partial charge in [0.05, 0.1) is 19.2 Å². The Kier molecular flexibility index (Phi) is 6.08. The molecule has 1 aromatic carbocycles. The molecule has 29 heavy (non-hydrogen) atoms. The van der Waals surface area contributed by atoms with Crippen LogP contribution in [-0.4, -0.2) is 85.8 Å². The SMILES string of the molecule is CCOC(=O)N1CCN(CC(=O)N2CCC[C@H]2c2ccc3c(c2)OCCO3)CC1. The van der Waals surface area contributed by atoms with Gasteiger partial charge in [-0.1, -0.05) is 6.07 Å². The molecule has 0 aromatic heterocycles. The average Bonchev–Trinajstić information content (AvgIpc) is 3.24. The van der Waals surface area contributed by atoms with Crippen LogP contribution in [-0.2, 0) is 9.53 Å². The van der Waals surface area contributed by atoms with Gasteiger partial charge in [0.25, 0.3) is 0 Å². The minimum atomic E-state index is -0.267. The molecular weight excluding hydrogens is 374 g/mol. The third kappa shape index (κ3) is 4.42. The van der Waals surface area contributed by atoms with Gasteiger partial charge >= 0.3 is 6.09 Å². The van der Waals surface area contributed by atoms with Crippen LogP contribution in [0.25, 0.3) is 0 Å². The Labute approximate surface area is 171 Å². The van der Waals surface area contributed by atoms with Crippen molar-refractivity contribution in [2.24, 2.45) is 0 Å². The topological polar surface area (TPSA) is 71.6 Å². The molecule has 8 nitrogen and oxygen atoms in total. The Balaban J connectivity index is 1.34. The molecule has 3 heterocycles. The summed E-state index contributed by atoms with van der Waals surface area (Å²) in [6, 6.07) is 6.09. The quantitative estimate of drug-likeness (QED) is 0.765. The number of ether oxygens (including phenoxy) is 3. The van der Waals surface area contributed by atoms with Gasteiger partial charge < -0.3 is 24.0 Å². The highest BCUT2D eigenvalue weighted by Crippen LogP contribution is 2.38. The molecule has 158 valence electrons. The fourth-order valence-electron chi connectivity index (χ4n) is 4.26. The number of carbonyl (C=O) groups is 2. The first kappa shape index (κ1) is 19.8. The molecule has 2 amide bonds. The largest absolute Gasteiger partial charge is 0.486 e. The molecule has 0 saturated carbocycles. The number of hydrogen-bond donors (Lipinski definition) is 0. The monoisotopic (exact) mass is 403 g/mol. The van der Waals surface area contributed by atoms with Gasteiger partial charge in [-0.15, -0.1) is 0 Å². The van der Waals surface area contributed by atoms with Crippen LogP contribution in [0.5, 0.6) is 11.5 Å². The molecule has 0 aliphatic carbocycles. The highest BCUT2D eigenvalue weighted by molar-refractivity contribution is 5.79. The van der Waals surface area contributed by atoms with Crippen LogP contribution in [0.15, 0.2) is 18.2 Å². The molecule has 0 N–H and O–H groups in total. The predicted octanol–water partition coefficient (Wildman–Crippen LogP) is 1.90. The summed E-state index contributed by atoms with van der Waals surface area (Å²) in [5, 5.41) is 0. The molecule has 8 heteroatoms. The number of hydrogen-bond acceptors (Lipinski definition) is 6. The Morgan fingerprint density at radius 3 is 2.59 bits per heavy atom. The first-order chi connectivity index (χ1) is 14.2. The van der Waals surface area contributed by atoms with E-state index in [1.165, 1.54) is 0 Å². The lowest BCUT2D eigenvalue weighted by atomic mass is 10.0. The minimum absolute atomic E-state index is 0.0825. The maximum Gasteiger partial charge on any atom is 0.409 e. The van der Waals surface area contributed by atoms with E-state index in [1.54, 1.807) is 11.8 Å². The Morgan fingerprint density at radius 1 is 1.07 bits per heavy atom. The molecule has 3 aliphatic rings. The van der Waals surface area contributed by atoms with E-state index in [4.69, 9.17) is 14.2 Å². The van der Waals surface area contributed by atoms with Crippen LogP contribution < -0.4 is 9.47 Å². The maximum absolute atomic E-state index is 13.0. The Morgan fingerprint density at radius 2 is 1.83 bits per heavy atom. The highest BCUT2D eigenvalue weighted by Gasteiger charge is 2.32. The van der Waals surface area contributed by atoms with Crippen molar-refractivity contribution >= 4 is 12.0 Å². The van der Waals surface area contributed by atoms with Gasteiger partial charge in [-0.2, -0.15) is 0 Å². The second-order valence-corrected chi connectivity index (χ2v) is 7.61. The summed E-state index contributed by atoms with van der Waals surface area (Å²) in [7, 11) is 0. The van der Waals surface area contributed by atoms with Crippen molar-refractivity contribution in [2.45, 2.75) is 25.8 Å². The summed E-state index contributed by atoms with van der Waals surface area (Å²) in [4.78, 5) is 30.7. The third-order valence-corrected chi connectivity index (χ3v) is 5.78. The molecule has 2 saturated heterocycles. The van der Waals surface area contributed by atoms with Crippen molar-refractivity contribution in [1.82, 2.24) is 14.7 Å². The summed E-state index contributed by atoms with van der Waals surface area (Å²) in [5.41, 5.74) is 1.10. The van der Waals surface area contributed by atoms with Crippen molar-refractivity contribution < 1.29 is 23.8 Å². The lowest BCUT2D eigenvalue weighted by Gasteiger charge is -2.35. The fraction of sp³-hybridized carbons (Fsp3) is 0.619. The van der Waals surface area contributed by atoms with Gasteiger partial charge in [0.1, 0.15) is 13.2 Å². The summed E-state index contributed by atoms with van der Waals surface area (Å²) in [6.45, 7) is 7.05. The molecule has 0 bridgehead atoms. The van der Waals surface area contributed by atoms with E-state index in [1.807, 2.05) is 23.1 Å². The van der Waals surface area contributed by atoms with Crippen LogP contribution in [0.3, 0.4) is 0 Å². The summed E-state index contributed by atoms with van der Waals surface area (Å²) < 4.78 is 16.4. The van der Waals surface area contributed by atoms with Gasteiger partial charge in [-0.3, -0.25) is 9.69 Å². The van der Waals surface area contributed by atoms with Crippen LogP contribution in [0, 0.1) is 0 Å². The van der Waals surface area contributed by atoms with Gasteiger partial charge in [0.15, 0.2) is 11.5 Å². The molecular formula is C21H29N3O5. The molecule has 2 fully saturated rings. The Hall–Kier alpha value is -2.48. The van der Waals surface area contributed by atoms with E-state index in [-0.39, 0.29) is 18.0 Å². The van der Waals surface area contributed by atoms with E-state index in [9.17, 15) is 9.59 Å². The van der Waals surface area contributed by atoms with Gasteiger partial charge in [0, 0.05) is 32.7 Å². The van der Waals surface area contributed by atoms with Crippen molar-refractivity contribution in [3.05, 3.63) is 23.8 Å².